The van der Waals surface area contributed by atoms with Crippen LogP contribution in [0, 0.1) is 0 Å². The van der Waals surface area contributed by atoms with E-state index in [0.29, 0.717) is 18.0 Å². The topological polar surface area (TPSA) is 90.1 Å². The van der Waals surface area contributed by atoms with E-state index in [9.17, 15) is 0 Å². The highest BCUT2D eigenvalue weighted by molar-refractivity contribution is 7.09. The molecule has 0 fully saturated rings. The first-order chi connectivity index (χ1) is 11.8. The molecule has 0 spiro atoms. The Morgan fingerprint density at radius 3 is 3.04 bits per heavy atom. The van der Waals surface area contributed by atoms with Gasteiger partial charge in [-0.25, -0.2) is 9.97 Å². The van der Waals surface area contributed by atoms with Crippen LogP contribution in [-0.4, -0.2) is 37.1 Å². The van der Waals surface area contributed by atoms with Crippen molar-refractivity contribution >= 4 is 33.8 Å². The SMILES string of the molecule is COC(C)c1nc(CNc2nc3ccccc3n3nnnc23)cs1. The molecule has 1 aromatic carbocycles. The Kier molecular flexibility index (Phi) is 3.79. The van der Waals surface area contributed by atoms with E-state index in [1.165, 1.54) is 0 Å². The molecule has 0 aliphatic carbocycles. The second-order valence-corrected chi connectivity index (χ2v) is 6.16. The smallest absolute Gasteiger partial charge is 0.222 e. The van der Waals surface area contributed by atoms with Crippen LogP contribution >= 0.6 is 11.3 Å². The Morgan fingerprint density at radius 1 is 1.29 bits per heavy atom. The third-order valence-corrected chi connectivity index (χ3v) is 4.79. The second-order valence-electron chi connectivity index (χ2n) is 5.27. The maximum atomic E-state index is 5.29. The van der Waals surface area contributed by atoms with Gasteiger partial charge in [0.25, 0.3) is 0 Å². The predicted molar refractivity (Wildman–Crippen MR) is 90.9 cm³/mol. The van der Waals surface area contributed by atoms with Crippen LogP contribution in [-0.2, 0) is 11.3 Å². The van der Waals surface area contributed by atoms with Gasteiger partial charge in [0.2, 0.25) is 5.65 Å². The van der Waals surface area contributed by atoms with Crippen molar-refractivity contribution in [1.82, 2.24) is 30.0 Å². The van der Waals surface area contributed by atoms with E-state index in [2.05, 4.69) is 30.8 Å². The first kappa shape index (κ1) is 14.9. The fourth-order valence-electron chi connectivity index (χ4n) is 2.39. The molecule has 3 heterocycles. The van der Waals surface area contributed by atoms with E-state index in [1.54, 1.807) is 23.0 Å². The van der Waals surface area contributed by atoms with Gasteiger partial charge in [0.05, 0.1) is 23.3 Å². The van der Waals surface area contributed by atoms with E-state index >= 15 is 0 Å². The number of hydrogen-bond donors (Lipinski definition) is 1. The van der Waals surface area contributed by atoms with Crippen LogP contribution in [0.1, 0.15) is 23.7 Å². The molecule has 1 unspecified atom stereocenters. The zero-order chi connectivity index (χ0) is 16.5. The summed E-state index contributed by atoms with van der Waals surface area (Å²) >= 11 is 1.58. The number of para-hydroxylation sites is 2. The van der Waals surface area contributed by atoms with Gasteiger partial charge in [-0.1, -0.05) is 12.1 Å². The van der Waals surface area contributed by atoms with Gasteiger partial charge < -0.3 is 10.1 Å². The van der Waals surface area contributed by atoms with Gasteiger partial charge in [0.1, 0.15) is 11.1 Å². The Morgan fingerprint density at radius 2 is 2.17 bits per heavy atom. The largest absolute Gasteiger partial charge is 0.375 e. The summed E-state index contributed by atoms with van der Waals surface area (Å²) in [4.78, 5) is 9.20. The summed E-state index contributed by atoms with van der Waals surface area (Å²) in [5.74, 6) is 0.632. The minimum absolute atomic E-state index is 0.00468. The normalized spacial score (nSPS) is 12.8. The van der Waals surface area contributed by atoms with Gasteiger partial charge in [-0.15, -0.1) is 16.4 Å². The molecule has 0 radical (unpaired) electrons. The standard InChI is InChI=1S/C15H15N7OS/c1-9(23-2)15-17-10(8-24-15)7-16-13-14-19-20-21-22(14)12-6-4-3-5-11(12)18-13/h3-6,8-9H,7H2,1-2H3,(H,16,18). The van der Waals surface area contributed by atoms with Gasteiger partial charge in [0.15, 0.2) is 5.82 Å². The number of methoxy groups -OCH3 is 1. The Hall–Kier alpha value is -2.65. The van der Waals surface area contributed by atoms with E-state index in [1.807, 2.05) is 36.6 Å². The van der Waals surface area contributed by atoms with Crippen molar-refractivity contribution < 1.29 is 4.74 Å². The minimum Gasteiger partial charge on any atom is -0.375 e. The van der Waals surface area contributed by atoms with Gasteiger partial charge in [0, 0.05) is 12.5 Å². The molecule has 1 atom stereocenters. The van der Waals surface area contributed by atoms with Crippen molar-refractivity contribution in [1.29, 1.82) is 0 Å². The molecule has 1 N–H and O–H groups in total. The lowest BCUT2D eigenvalue weighted by Gasteiger charge is -2.07. The lowest BCUT2D eigenvalue weighted by Crippen LogP contribution is -2.06. The molecule has 0 aliphatic rings. The predicted octanol–water partition coefficient (Wildman–Crippen LogP) is 2.45. The Bertz CT molecular complexity index is 996. The highest BCUT2D eigenvalue weighted by Crippen LogP contribution is 2.22. The van der Waals surface area contributed by atoms with Crippen molar-refractivity contribution in [3.8, 4) is 0 Å². The summed E-state index contributed by atoms with van der Waals surface area (Å²) in [5, 5.41) is 18.1. The van der Waals surface area contributed by atoms with Crippen molar-refractivity contribution in [3.05, 3.63) is 40.3 Å². The summed E-state index contributed by atoms with van der Waals surface area (Å²) < 4.78 is 6.98. The van der Waals surface area contributed by atoms with Crippen LogP contribution in [0.5, 0.6) is 0 Å². The van der Waals surface area contributed by atoms with Crippen LogP contribution in [0.15, 0.2) is 29.6 Å². The third kappa shape index (κ3) is 2.57. The van der Waals surface area contributed by atoms with Crippen LogP contribution in [0.25, 0.3) is 16.7 Å². The number of fused-ring (bicyclic) bond motifs is 3. The molecule has 9 heteroatoms. The highest BCUT2D eigenvalue weighted by atomic mass is 32.1. The number of hydrogen-bond acceptors (Lipinski definition) is 8. The zero-order valence-electron chi connectivity index (χ0n) is 13.2. The first-order valence-electron chi connectivity index (χ1n) is 7.44. The van der Waals surface area contributed by atoms with Gasteiger partial charge in [-0.3, -0.25) is 0 Å². The number of nitrogens with one attached hydrogen (secondary N) is 1. The Labute approximate surface area is 141 Å². The van der Waals surface area contributed by atoms with Crippen molar-refractivity contribution in [3.63, 3.8) is 0 Å². The van der Waals surface area contributed by atoms with Crippen molar-refractivity contribution in [2.45, 2.75) is 19.6 Å². The Balaban J connectivity index is 1.64. The second kappa shape index (κ2) is 6.10. The van der Waals surface area contributed by atoms with Gasteiger partial charge >= 0.3 is 0 Å². The van der Waals surface area contributed by atoms with Gasteiger partial charge in [-0.05, 0) is 29.5 Å². The number of ether oxygens (including phenoxy) is 1. The highest BCUT2D eigenvalue weighted by Gasteiger charge is 2.13. The van der Waals surface area contributed by atoms with Crippen molar-refractivity contribution in [2.75, 3.05) is 12.4 Å². The zero-order valence-corrected chi connectivity index (χ0v) is 14.0. The molecule has 3 aromatic heterocycles. The molecule has 0 saturated heterocycles. The summed E-state index contributed by atoms with van der Waals surface area (Å²) in [6.45, 7) is 2.52. The van der Waals surface area contributed by atoms with Crippen LogP contribution in [0.4, 0.5) is 5.82 Å². The van der Waals surface area contributed by atoms with E-state index in [-0.39, 0.29) is 6.10 Å². The number of thiazole rings is 1. The lowest BCUT2D eigenvalue weighted by atomic mass is 10.3. The number of nitrogens with zero attached hydrogens (tertiary/aromatic N) is 6. The van der Waals surface area contributed by atoms with Gasteiger partial charge in [-0.2, -0.15) is 4.52 Å². The molecular formula is C15H15N7OS. The summed E-state index contributed by atoms with van der Waals surface area (Å²) in [6.07, 6.45) is -0.00468. The maximum absolute atomic E-state index is 5.29. The molecule has 4 rings (SSSR count). The minimum atomic E-state index is -0.00468. The number of rotatable bonds is 5. The molecule has 24 heavy (non-hydrogen) atoms. The van der Waals surface area contributed by atoms with Crippen LogP contribution in [0.2, 0.25) is 0 Å². The van der Waals surface area contributed by atoms with Crippen LogP contribution in [0.3, 0.4) is 0 Å². The molecule has 0 aliphatic heterocycles. The fraction of sp³-hybridized carbons (Fsp3) is 0.267. The third-order valence-electron chi connectivity index (χ3n) is 3.73. The molecule has 122 valence electrons. The average molecular weight is 341 g/mol. The molecule has 0 saturated carbocycles. The summed E-state index contributed by atoms with van der Waals surface area (Å²) in [7, 11) is 1.68. The summed E-state index contributed by atoms with van der Waals surface area (Å²) in [6, 6.07) is 7.75. The molecule has 0 amide bonds. The number of benzene rings is 1. The molecule has 0 bridgehead atoms. The number of tetrazole rings is 1. The van der Waals surface area contributed by atoms with E-state index in [4.69, 9.17) is 4.74 Å². The average Bonchev–Trinajstić information content (AvgIpc) is 3.28. The van der Waals surface area contributed by atoms with E-state index < -0.39 is 0 Å². The quantitative estimate of drug-likeness (QED) is 0.596. The molecular weight excluding hydrogens is 326 g/mol. The lowest BCUT2D eigenvalue weighted by molar-refractivity contribution is 0.119. The first-order valence-corrected chi connectivity index (χ1v) is 8.32. The van der Waals surface area contributed by atoms with Crippen molar-refractivity contribution in [2.24, 2.45) is 0 Å². The fourth-order valence-corrected chi connectivity index (χ4v) is 3.24. The maximum Gasteiger partial charge on any atom is 0.222 e. The van der Waals surface area contributed by atoms with Crippen LogP contribution < -0.4 is 5.32 Å². The summed E-state index contributed by atoms with van der Waals surface area (Å²) in [5.41, 5.74) is 3.22. The number of anilines is 1. The number of aromatic nitrogens is 6. The molecule has 4 aromatic rings. The van der Waals surface area contributed by atoms with E-state index in [0.717, 1.165) is 21.7 Å². The monoisotopic (exact) mass is 341 g/mol. The molecule has 8 nitrogen and oxygen atoms in total.